The van der Waals surface area contributed by atoms with Crippen LogP contribution in [0.5, 0.6) is 0 Å². The Morgan fingerprint density at radius 3 is 2.61 bits per heavy atom. The van der Waals surface area contributed by atoms with Gasteiger partial charge in [0, 0.05) is 11.3 Å². The Bertz CT molecular complexity index is 551. The SMILES string of the molecule is C=C(NC(C(=O)O)=C(Cl)C(=N)N)c1ccsc1Cl. The van der Waals surface area contributed by atoms with Gasteiger partial charge in [-0.05, 0) is 11.4 Å². The quantitative estimate of drug-likeness (QED) is 0.381. The maximum atomic E-state index is 11.0. The first-order chi connectivity index (χ1) is 8.34. The molecule has 0 aromatic carbocycles. The molecule has 96 valence electrons. The summed E-state index contributed by atoms with van der Waals surface area (Å²) in [6.07, 6.45) is 0. The maximum absolute atomic E-state index is 11.0. The summed E-state index contributed by atoms with van der Waals surface area (Å²) in [4.78, 5) is 11.0. The largest absolute Gasteiger partial charge is 0.477 e. The number of rotatable bonds is 5. The summed E-state index contributed by atoms with van der Waals surface area (Å²) >= 11 is 12.8. The standard InChI is InChI=1S/C10H9Cl2N3O2S/c1-4(5-2-3-18-8(5)12)15-7(10(16)17)6(11)9(13)14/h2-3,15H,1H2,(H3,13,14)(H,16,17). The molecule has 0 bridgehead atoms. The molecule has 0 fully saturated rings. The van der Waals surface area contributed by atoms with Crippen molar-refractivity contribution in [1.29, 1.82) is 5.41 Å². The molecule has 1 heterocycles. The Morgan fingerprint density at radius 1 is 1.61 bits per heavy atom. The molecule has 0 aliphatic rings. The van der Waals surface area contributed by atoms with E-state index >= 15 is 0 Å². The zero-order valence-electron chi connectivity index (χ0n) is 8.96. The molecular weight excluding hydrogens is 297 g/mol. The van der Waals surface area contributed by atoms with Gasteiger partial charge in [0.25, 0.3) is 0 Å². The molecule has 0 aliphatic carbocycles. The first-order valence-electron chi connectivity index (χ1n) is 4.51. The molecule has 5 nitrogen and oxygen atoms in total. The van der Waals surface area contributed by atoms with Gasteiger partial charge in [0.1, 0.15) is 20.9 Å². The van der Waals surface area contributed by atoms with Crippen molar-refractivity contribution in [1.82, 2.24) is 5.32 Å². The first kappa shape index (κ1) is 14.6. The van der Waals surface area contributed by atoms with E-state index in [1.165, 1.54) is 11.3 Å². The van der Waals surface area contributed by atoms with Gasteiger partial charge >= 0.3 is 5.97 Å². The monoisotopic (exact) mass is 305 g/mol. The highest BCUT2D eigenvalue weighted by molar-refractivity contribution is 7.14. The van der Waals surface area contributed by atoms with Crippen molar-refractivity contribution >= 4 is 52.0 Å². The van der Waals surface area contributed by atoms with Crippen LogP contribution in [0.4, 0.5) is 0 Å². The fourth-order valence-corrected chi connectivity index (χ4v) is 2.17. The van der Waals surface area contributed by atoms with Crippen molar-refractivity contribution in [2.24, 2.45) is 5.73 Å². The van der Waals surface area contributed by atoms with Gasteiger partial charge < -0.3 is 16.2 Å². The van der Waals surface area contributed by atoms with E-state index in [0.29, 0.717) is 9.90 Å². The van der Waals surface area contributed by atoms with Gasteiger partial charge in [0.15, 0.2) is 0 Å². The van der Waals surface area contributed by atoms with E-state index in [-0.39, 0.29) is 5.70 Å². The van der Waals surface area contributed by atoms with Crippen LogP contribution in [0.15, 0.2) is 28.8 Å². The van der Waals surface area contributed by atoms with Crippen LogP contribution in [-0.4, -0.2) is 16.9 Å². The average Bonchev–Trinajstić information content (AvgIpc) is 2.70. The zero-order chi connectivity index (χ0) is 13.9. The summed E-state index contributed by atoms with van der Waals surface area (Å²) in [5.41, 5.74) is 5.54. The number of thiophene rings is 1. The summed E-state index contributed by atoms with van der Waals surface area (Å²) in [5.74, 6) is -1.89. The lowest BCUT2D eigenvalue weighted by atomic mass is 10.2. The molecule has 0 radical (unpaired) electrons. The molecule has 0 atom stereocenters. The number of halogens is 2. The third-order valence-corrected chi connectivity index (χ3v) is 3.45. The van der Waals surface area contributed by atoms with E-state index in [0.717, 1.165) is 0 Å². The predicted molar refractivity (Wildman–Crippen MR) is 73.9 cm³/mol. The minimum absolute atomic E-state index is 0.262. The third kappa shape index (κ3) is 3.25. The van der Waals surface area contributed by atoms with Crippen molar-refractivity contribution in [2.75, 3.05) is 0 Å². The summed E-state index contributed by atoms with van der Waals surface area (Å²) < 4.78 is 0.469. The Hall–Kier alpha value is -1.50. The van der Waals surface area contributed by atoms with Gasteiger partial charge in [0.05, 0.1) is 0 Å². The van der Waals surface area contributed by atoms with E-state index in [1.807, 2.05) is 0 Å². The number of hydrogen-bond donors (Lipinski definition) is 4. The highest BCUT2D eigenvalue weighted by atomic mass is 35.5. The van der Waals surface area contributed by atoms with E-state index < -0.39 is 22.5 Å². The van der Waals surface area contributed by atoms with Gasteiger partial charge in [-0.2, -0.15) is 0 Å². The molecule has 0 unspecified atom stereocenters. The lowest BCUT2D eigenvalue weighted by Crippen LogP contribution is -2.24. The first-order valence-corrected chi connectivity index (χ1v) is 6.15. The molecule has 1 rings (SSSR count). The van der Waals surface area contributed by atoms with Gasteiger partial charge in [-0.1, -0.05) is 29.8 Å². The molecule has 0 saturated carbocycles. The predicted octanol–water partition coefficient (Wildman–Crippen LogP) is 2.43. The van der Waals surface area contributed by atoms with Crippen LogP contribution in [0.2, 0.25) is 4.34 Å². The van der Waals surface area contributed by atoms with E-state index in [1.54, 1.807) is 11.4 Å². The number of carboxylic acid groups (broad SMARTS) is 1. The van der Waals surface area contributed by atoms with Crippen LogP contribution in [0.25, 0.3) is 5.70 Å². The molecule has 0 aliphatic heterocycles. The molecule has 0 amide bonds. The molecule has 1 aromatic heterocycles. The van der Waals surface area contributed by atoms with Crippen molar-refractivity contribution < 1.29 is 9.90 Å². The molecule has 18 heavy (non-hydrogen) atoms. The fourth-order valence-electron chi connectivity index (χ4n) is 1.07. The second-order valence-electron chi connectivity index (χ2n) is 3.12. The van der Waals surface area contributed by atoms with Crippen LogP contribution < -0.4 is 11.1 Å². The number of nitrogens with one attached hydrogen (secondary N) is 2. The van der Waals surface area contributed by atoms with E-state index in [9.17, 15) is 4.79 Å². The number of amidine groups is 1. The van der Waals surface area contributed by atoms with Crippen LogP contribution in [0.3, 0.4) is 0 Å². The van der Waals surface area contributed by atoms with E-state index in [4.69, 9.17) is 39.5 Å². The summed E-state index contributed by atoms with van der Waals surface area (Å²) in [5, 5.41) is 19.9. The third-order valence-electron chi connectivity index (χ3n) is 1.89. The van der Waals surface area contributed by atoms with Crippen LogP contribution >= 0.6 is 34.5 Å². The zero-order valence-corrected chi connectivity index (χ0v) is 11.3. The second-order valence-corrected chi connectivity index (χ2v) is 5.02. The van der Waals surface area contributed by atoms with Crippen LogP contribution in [0, 0.1) is 5.41 Å². The molecule has 0 spiro atoms. The van der Waals surface area contributed by atoms with Crippen molar-refractivity contribution in [3.8, 4) is 0 Å². The number of hydrogen-bond acceptors (Lipinski definition) is 4. The fraction of sp³-hybridized carbons (Fsp3) is 0. The number of carboxylic acids is 1. The lowest BCUT2D eigenvalue weighted by Gasteiger charge is -2.11. The molecule has 1 aromatic rings. The molecule has 8 heteroatoms. The Kier molecular flexibility index (Phi) is 4.77. The normalized spacial score (nSPS) is 11.7. The minimum Gasteiger partial charge on any atom is -0.477 e. The maximum Gasteiger partial charge on any atom is 0.354 e. The molecule has 5 N–H and O–H groups in total. The Morgan fingerprint density at radius 2 is 2.22 bits per heavy atom. The van der Waals surface area contributed by atoms with Crippen LogP contribution in [0.1, 0.15) is 5.56 Å². The molecule has 0 saturated heterocycles. The molecular formula is C10H9Cl2N3O2S. The number of nitrogens with two attached hydrogens (primary N) is 1. The summed E-state index contributed by atoms with van der Waals surface area (Å²) in [6.45, 7) is 3.67. The van der Waals surface area contributed by atoms with Crippen molar-refractivity contribution in [2.45, 2.75) is 0 Å². The second kappa shape index (κ2) is 5.90. The van der Waals surface area contributed by atoms with Crippen molar-refractivity contribution in [3.63, 3.8) is 0 Å². The average molecular weight is 306 g/mol. The van der Waals surface area contributed by atoms with Gasteiger partial charge in [-0.25, -0.2) is 4.79 Å². The Balaban J connectivity index is 3.04. The number of carbonyl (C=O) groups is 1. The topological polar surface area (TPSA) is 99.2 Å². The van der Waals surface area contributed by atoms with Gasteiger partial charge in [-0.15, -0.1) is 11.3 Å². The van der Waals surface area contributed by atoms with E-state index in [2.05, 4.69) is 11.9 Å². The van der Waals surface area contributed by atoms with Crippen molar-refractivity contribution in [3.05, 3.63) is 38.7 Å². The van der Waals surface area contributed by atoms with Gasteiger partial charge in [0.2, 0.25) is 0 Å². The highest BCUT2D eigenvalue weighted by Crippen LogP contribution is 2.27. The highest BCUT2D eigenvalue weighted by Gasteiger charge is 2.17. The minimum atomic E-state index is -1.34. The number of aliphatic carboxylic acids is 1. The van der Waals surface area contributed by atoms with Crippen LogP contribution in [-0.2, 0) is 4.79 Å². The summed E-state index contributed by atoms with van der Waals surface area (Å²) in [7, 11) is 0. The summed E-state index contributed by atoms with van der Waals surface area (Å²) in [6, 6.07) is 1.68. The van der Waals surface area contributed by atoms with Gasteiger partial charge in [-0.3, -0.25) is 5.41 Å². The lowest BCUT2D eigenvalue weighted by molar-refractivity contribution is -0.132. The Labute approximate surface area is 117 Å². The smallest absolute Gasteiger partial charge is 0.354 e.